The molecule has 0 heterocycles. The Morgan fingerprint density at radius 1 is 0.769 bits per heavy atom. The highest BCUT2D eigenvalue weighted by molar-refractivity contribution is 5.36. The highest BCUT2D eigenvalue weighted by atomic mass is 16.3. The molecule has 4 atom stereocenters. The number of rotatable bonds is 13. The minimum absolute atomic E-state index is 0.0875. The SMILES string of the molecule is CCC(O)CCCCC1C=C(C2=CC(CCCCC(O)CC)CC2)CC1. The molecule has 0 aromatic rings. The number of hydrogen-bond acceptors (Lipinski definition) is 2. The number of aliphatic hydroxyl groups excluding tert-OH is 2. The molecule has 2 nitrogen and oxygen atoms in total. The van der Waals surface area contributed by atoms with Gasteiger partial charge in [0, 0.05) is 0 Å². The van der Waals surface area contributed by atoms with Gasteiger partial charge in [-0.25, -0.2) is 0 Å². The summed E-state index contributed by atoms with van der Waals surface area (Å²) in [7, 11) is 0. The van der Waals surface area contributed by atoms with E-state index in [0.29, 0.717) is 0 Å². The van der Waals surface area contributed by atoms with Crippen LogP contribution in [0, 0.1) is 11.8 Å². The summed E-state index contributed by atoms with van der Waals surface area (Å²) in [6.45, 7) is 4.13. The zero-order chi connectivity index (χ0) is 18.8. The molecule has 0 saturated carbocycles. The fraction of sp³-hybridized carbons (Fsp3) is 0.833. The molecule has 0 radical (unpaired) electrons. The molecule has 0 spiro atoms. The third-order valence-electron chi connectivity index (χ3n) is 6.52. The molecule has 2 aliphatic rings. The average Bonchev–Trinajstić information content (AvgIpc) is 3.31. The largest absolute Gasteiger partial charge is 0.393 e. The molecular formula is C24H42O2. The molecule has 0 aromatic carbocycles. The van der Waals surface area contributed by atoms with Crippen molar-refractivity contribution in [1.29, 1.82) is 0 Å². The zero-order valence-electron chi connectivity index (χ0n) is 17.3. The van der Waals surface area contributed by atoms with Crippen LogP contribution in [0.15, 0.2) is 23.3 Å². The maximum atomic E-state index is 9.65. The van der Waals surface area contributed by atoms with E-state index < -0.39 is 0 Å². The van der Waals surface area contributed by atoms with Crippen LogP contribution in [-0.2, 0) is 0 Å². The Morgan fingerprint density at radius 3 is 1.58 bits per heavy atom. The number of aliphatic hydroxyl groups is 2. The van der Waals surface area contributed by atoms with Gasteiger partial charge < -0.3 is 10.2 Å². The van der Waals surface area contributed by atoms with Gasteiger partial charge in [0.2, 0.25) is 0 Å². The second kappa shape index (κ2) is 12.0. The highest BCUT2D eigenvalue weighted by Crippen LogP contribution is 2.39. The second-order valence-electron chi connectivity index (χ2n) is 8.67. The third kappa shape index (κ3) is 7.56. The smallest absolute Gasteiger partial charge is 0.0537 e. The Bertz CT molecular complexity index is 409. The van der Waals surface area contributed by atoms with Gasteiger partial charge in [0.25, 0.3) is 0 Å². The molecule has 150 valence electrons. The second-order valence-corrected chi connectivity index (χ2v) is 8.67. The zero-order valence-corrected chi connectivity index (χ0v) is 17.3. The summed E-state index contributed by atoms with van der Waals surface area (Å²) in [5, 5.41) is 19.3. The van der Waals surface area contributed by atoms with Gasteiger partial charge in [0.15, 0.2) is 0 Å². The number of hydrogen-bond donors (Lipinski definition) is 2. The van der Waals surface area contributed by atoms with Crippen molar-refractivity contribution in [1.82, 2.24) is 0 Å². The molecular weight excluding hydrogens is 320 g/mol. The van der Waals surface area contributed by atoms with Gasteiger partial charge in [-0.05, 0) is 87.2 Å². The Kier molecular flexibility index (Phi) is 9.99. The molecule has 0 bridgehead atoms. The standard InChI is InChI=1S/C24H42O2/c1-3-23(25)11-7-5-9-19-13-15-21(17-19)22-16-14-20(18-22)10-6-8-12-24(26)4-2/h17-20,23-26H,3-16H2,1-2H3. The van der Waals surface area contributed by atoms with Crippen LogP contribution in [-0.4, -0.2) is 22.4 Å². The molecule has 2 heteroatoms. The lowest BCUT2D eigenvalue weighted by atomic mass is 9.99. The Hall–Kier alpha value is -0.600. The molecule has 2 aliphatic carbocycles. The van der Waals surface area contributed by atoms with E-state index in [0.717, 1.165) is 37.5 Å². The first-order chi connectivity index (χ1) is 12.6. The maximum Gasteiger partial charge on any atom is 0.0537 e. The number of unbranched alkanes of at least 4 members (excludes halogenated alkanes) is 2. The summed E-state index contributed by atoms with van der Waals surface area (Å²) >= 11 is 0. The van der Waals surface area contributed by atoms with Crippen LogP contribution < -0.4 is 0 Å². The van der Waals surface area contributed by atoms with E-state index in [1.54, 1.807) is 11.1 Å². The molecule has 26 heavy (non-hydrogen) atoms. The fourth-order valence-electron chi connectivity index (χ4n) is 4.56. The van der Waals surface area contributed by atoms with Gasteiger partial charge in [-0.3, -0.25) is 0 Å². The summed E-state index contributed by atoms with van der Waals surface area (Å²) in [6, 6.07) is 0. The summed E-state index contributed by atoms with van der Waals surface area (Å²) < 4.78 is 0. The lowest BCUT2D eigenvalue weighted by molar-refractivity contribution is 0.156. The predicted octanol–water partition coefficient (Wildman–Crippen LogP) is 6.32. The van der Waals surface area contributed by atoms with Crippen LogP contribution >= 0.6 is 0 Å². The summed E-state index contributed by atoms with van der Waals surface area (Å²) in [5.74, 6) is 1.55. The fourth-order valence-corrected chi connectivity index (χ4v) is 4.56. The van der Waals surface area contributed by atoms with Crippen molar-refractivity contribution < 1.29 is 10.2 Å². The van der Waals surface area contributed by atoms with Crippen LogP contribution in [0.25, 0.3) is 0 Å². The first-order valence-corrected chi connectivity index (χ1v) is 11.4. The van der Waals surface area contributed by atoms with Gasteiger partial charge >= 0.3 is 0 Å². The Labute approximate surface area is 161 Å². The first-order valence-electron chi connectivity index (χ1n) is 11.4. The summed E-state index contributed by atoms with van der Waals surface area (Å²) in [6.07, 6.45) is 21.4. The van der Waals surface area contributed by atoms with Gasteiger partial charge in [-0.2, -0.15) is 0 Å². The van der Waals surface area contributed by atoms with Gasteiger partial charge in [-0.1, -0.05) is 51.7 Å². The van der Waals surface area contributed by atoms with E-state index in [-0.39, 0.29) is 12.2 Å². The van der Waals surface area contributed by atoms with Crippen LogP contribution in [0.3, 0.4) is 0 Å². The highest BCUT2D eigenvalue weighted by Gasteiger charge is 2.23. The molecule has 2 rings (SSSR count). The van der Waals surface area contributed by atoms with E-state index in [2.05, 4.69) is 26.0 Å². The van der Waals surface area contributed by atoms with Crippen molar-refractivity contribution in [3.8, 4) is 0 Å². The molecule has 4 unspecified atom stereocenters. The van der Waals surface area contributed by atoms with Crippen LogP contribution in [0.5, 0.6) is 0 Å². The van der Waals surface area contributed by atoms with Crippen molar-refractivity contribution >= 4 is 0 Å². The van der Waals surface area contributed by atoms with Crippen LogP contribution in [0.2, 0.25) is 0 Å². The summed E-state index contributed by atoms with van der Waals surface area (Å²) in [4.78, 5) is 0. The minimum Gasteiger partial charge on any atom is -0.393 e. The molecule has 0 amide bonds. The minimum atomic E-state index is -0.0875. The molecule has 0 fully saturated rings. The predicted molar refractivity (Wildman–Crippen MR) is 111 cm³/mol. The molecule has 2 N–H and O–H groups in total. The van der Waals surface area contributed by atoms with Crippen molar-refractivity contribution in [2.75, 3.05) is 0 Å². The van der Waals surface area contributed by atoms with Crippen molar-refractivity contribution in [3.63, 3.8) is 0 Å². The van der Waals surface area contributed by atoms with Crippen molar-refractivity contribution in [3.05, 3.63) is 23.3 Å². The van der Waals surface area contributed by atoms with E-state index in [9.17, 15) is 10.2 Å². The van der Waals surface area contributed by atoms with Crippen molar-refractivity contribution in [2.24, 2.45) is 11.8 Å². The Morgan fingerprint density at radius 2 is 1.19 bits per heavy atom. The molecule has 0 aliphatic heterocycles. The topological polar surface area (TPSA) is 40.5 Å². The monoisotopic (exact) mass is 362 g/mol. The molecule has 0 saturated heterocycles. The van der Waals surface area contributed by atoms with E-state index in [1.165, 1.54) is 64.2 Å². The van der Waals surface area contributed by atoms with E-state index in [1.807, 2.05) is 0 Å². The van der Waals surface area contributed by atoms with Crippen LogP contribution in [0.4, 0.5) is 0 Å². The van der Waals surface area contributed by atoms with E-state index >= 15 is 0 Å². The maximum absolute atomic E-state index is 9.65. The average molecular weight is 363 g/mol. The van der Waals surface area contributed by atoms with Gasteiger partial charge in [0.05, 0.1) is 12.2 Å². The molecule has 0 aromatic heterocycles. The first kappa shape index (κ1) is 21.7. The summed E-state index contributed by atoms with van der Waals surface area (Å²) in [5.41, 5.74) is 3.29. The number of allylic oxidation sites excluding steroid dienone is 4. The van der Waals surface area contributed by atoms with Crippen molar-refractivity contribution in [2.45, 2.75) is 116 Å². The van der Waals surface area contributed by atoms with Gasteiger partial charge in [-0.15, -0.1) is 0 Å². The lowest BCUT2D eigenvalue weighted by Gasteiger charge is -2.09. The van der Waals surface area contributed by atoms with E-state index in [4.69, 9.17) is 0 Å². The third-order valence-corrected chi connectivity index (χ3v) is 6.52. The van der Waals surface area contributed by atoms with Crippen LogP contribution in [0.1, 0.15) is 104 Å². The Balaban J connectivity index is 1.65. The lowest BCUT2D eigenvalue weighted by Crippen LogP contribution is -2.03. The normalized spacial score (nSPS) is 25.2. The quantitative estimate of drug-likeness (QED) is 0.376. The van der Waals surface area contributed by atoms with Gasteiger partial charge in [0.1, 0.15) is 0 Å².